The molecular weight excluding hydrogens is 213 g/mol. The molecule has 2 nitrogen and oxygen atoms in total. The van der Waals surface area contributed by atoms with E-state index in [1.54, 1.807) is 24.7 Å². The van der Waals surface area contributed by atoms with E-state index in [2.05, 4.69) is 0 Å². The first-order chi connectivity index (χ1) is 7.25. The van der Waals surface area contributed by atoms with E-state index in [-0.39, 0.29) is 5.82 Å². The zero-order valence-electron chi connectivity index (χ0n) is 7.94. The molecule has 0 saturated heterocycles. The predicted octanol–water partition coefficient (Wildman–Crippen LogP) is 3.29. The van der Waals surface area contributed by atoms with Crippen molar-refractivity contribution < 1.29 is 8.81 Å². The summed E-state index contributed by atoms with van der Waals surface area (Å²) in [6, 6.07) is 6.58. The summed E-state index contributed by atoms with van der Waals surface area (Å²) in [5, 5.41) is 0. The number of hydrogen-bond donors (Lipinski definition) is 1. The fourth-order valence-corrected chi connectivity index (χ4v) is 2.02. The molecule has 1 aromatic carbocycles. The van der Waals surface area contributed by atoms with Gasteiger partial charge < -0.3 is 10.2 Å². The van der Waals surface area contributed by atoms with Crippen LogP contribution in [0.5, 0.6) is 0 Å². The molecule has 0 fully saturated rings. The summed E-state index contributed by atoms with van der Waals surface area (Å²) in [5.74, 6) is 0.417. The number of rotatable bonds is 3. The Bertz CT molecular complexity index is 442. The van der Waals surface area contributed by atoms with Crippen molar-refractivity contribution in [2.75, 3.05) is 5.73 Å². The molecule has 0 aliphatic carbocycles. The molecule has 1 aromatic heterocycles. The van der Waals surface area contributed by atoms with Gasteiger partial charge in [0.15, 0.2) is 0 Å². The van der Waals surface area contributed by atoms with Gasteiger partial charge in [-0.1, -0.05) is 0 Å². The number of benzene rings is 1. The Kier molecular flexibility index (Phi) is 2.97. The minimum Gasteiger partial charge on any atom is -0.472 e. The Morgan fingerprint density at radius 3 is 2.87 bits per heavy atom. The van der Waals surface area contributed by atoms with Gasteiger partial charge in [0.2, 0.25) is 0 Å². The van der Waals surface area contributed by atoms with E-state index >= 15 is 0 Å². The van der Waals surface area contributed by atoms with Crippen LogP contribution in [0.15, 0.2) is 46.1 Å². The quantitative estimate of drug-likeness (QED) is 0.641. The Morgan fingerprint density at radius 2 is 2.20 bits per heavy atom. The second kappa shape index (κ2) is 4.40. The van der Waals surface area contributed by atoms with Gasteiger partial charge in [-0.3, -0.25) is 0 Å². The fourth-order valence-electron chi connectivity index (χ4n) is 1.17. The van der Waals surface area contributed by atoms with Crippen LogP contribution in [0.3, 0.4) is 0 Å². The third-order valence-electron chi connectivity index (χ3n) is 1.93. The van der Waals surface area contributed by atoms with Crippen LogP contribution in [-0.2, 0) is 5.75 Å². The fraction of sp³-hybridized carbons (Fsp3) is 0.0909. The summed E-state index contributed by atoms with van der Waals surface area (Å²) in [6.07, 6.45) is 3.26. The monoisotopic (exact) mass is 223 g/mol. The number of halogens is 1. The molecule has 4 heteroatoms. The Balaban J connectivity index is 2.05. The molecule has 0 radical (unpaired) electrons. The van der Waals surface area contributed by atoms with Crippen molar-refractivity contribution in [2.45, 2.75) is 10.6 Å². The maximum absolute atomic E-state index is 13.4. The molecule has 0 saturated carbocycles. The number of nitrogens with two attached hydrogens (primary N) is 1. The lowest BCUT2D eigenvalue weighted by Gasteiger charge is -2.02. The maximum atomic E-state index is 13.4. The van der Waals surface area contributed by atoms with E-state index in [0.29, 0.717) is 16.3 Å². The second-order valence-corrected chi connectivity index (χ2v) is 4.13. The molecule has 0 amide bonds. The van der Waals surface area contributed by atoms with Crippen LogP contribution in [0.25, 0.3) is 0 Å². The molecule has 0 aliphatic rings. The first-order valence-electron chi connectivity index (χ1n) is 4.44. The van der Waals surface area contributed by atoms with E-state index in [9.17, 15) is 4.39 Å². The van der Waals surface area contributed by atoms with Crippen LogP contribution < -0.4 is 5.73 Å². The van der Waals surface area contributed by atoms with Crippen molar-refractivity contribution in [3.63, 3.8) is 0 Å². The van der Waals surface area contributed by atoms with Gasteiger partial charge >= 0.3 is 0 Å². The highest BCUT2D eigenvalue weighted by Crippen LogP contribution is 2.26. The lowest BCUT2D eigenvalue weighted by molar-refractivity contribution is 0.565. The Hall–Kier alpha value is -1.42. The van der Waals surface area contributed by atoms with E-state index in [1.807, 2.05) is 6.07 Å². The lowest BCUT2D eigenvalue weighted by atomic mass is 10.3. The van der Waals surface area contributed by atoms with Crippen molar-refractivity contribution in [3.8, 4) is 0 Å². The van der Waals surface area contributed by atoms with E-state index in [1.165, 1.54) is 17.8 Å². The predicted molar refractivity (Wildman–Crippen MR) is 59.1 cm³/mol. The molecule has 0 unspecified atom stereocenters. The van der Waals surface area contributed by atoms with E-state index < -0.39 is 0 Å². The first kappa shape index (κ1) is 10.1. The lowest BCUT2D eigenvalue weighted by Crippen LogP contribution is -1.88. The number of thioether (sulfide) groups is 1. The highest BCUT2D eigenvalue weighted by molar-refractivity contribution is 7.98. The van der Waals surface area contributed by atoms with Crippen LogP contribution in [0.2, 0.25) is 0 Å². The summed E-state index contributed by atoms with van der Waals surface area (Å²) in [6.45, 7) is 0. The van der Waals surface area contributed by atoms with Crippen LogP contribution in [0.4, 0.5) is 10.1 Å². The highest BCUT2D eigenvalue weighted by Gasteiger charge is 2.03. The average molecular weight is 223 g/mol. The minimum atomic E-state index is -0.275. The molecule has 2 rings (SSSR count). The number of anilines is 1. The molecule has 2 aromatic rings. The van der Waals surface area contributed by atoms with Crippen LogP contribution >= 0.6 is 11.8 Å². The van der Waals surface area contributed by atoms with E-state index in [4.69, 9.17) is 10.2 Å². The normalized spacial score (nSPS) is 10.5. The third kappa shape index (κ3) is 2.53. The van der Waals surface area contributed by atoms with Crippen molar-refractivity contribution in [2.24, 2.45) is 0 Å². The molecule has 0 aliphatic heterocycles. The molecule has 78 valence electrons. The first-order valence-corrected chi connectivity index (χ1v) is 5.43. The van der Waals surface area contributed by atoms with Gasteiger partial charge in [0.05, 0.1) is 12.5 Å². The number of furan rings is 1. The minimum absolute atomic E-state index is 0.275. The molecule has 1 heterocycles. The Labute approximate surface area is 91.3 Å². The molecular formula is C11H10FNOS. The topological polar surface area (TPSA) is 39.2 Å². The molecule has 2 N–H and O–H groups in total. The molecule has 15 heavy (non-hydrogen) atoms. The SMILES string of the molecule is Nc1ccc(SCc2ccoc2)c(F)c1. The summed E-state index contributed by atoms with van der Waals surface area (Å²) in [7, 11) is 0. The van der Waals surface area contributed by atoms with Crippen molar-refractivity contribution in [1.82, 2.24) is 0 Å². The van der Waals surface area contributed by atoms with Gasteiger partial charge in [0.1, 0.15) is 5.82 Å². The molecule has 0 atom stereocenters. The van der Waals surface area contributed by atoms with Gasteiger partial charge in [-0.05, 0) is 24.3 Å². The van der Waals surface area contributed by atoms with Gasteiger partial charge in [-0.25, -0.2) is 4.39 Å². The van der Waals surface area contributed by atoms with Gasteiger partial charge in [-0.15, -0.1) is 11.8 Å². The summed E-state index contributed by atoms with van der Waals surface area (Å²) >= 11 is 1.42. The van der Waals surface area contributed by atoms with Crippen LogP contribution in [-0.4, -0.2) is 0 Å². The van der Waals surface area contributed by atoms with Gasteiger partial charge in [-0.2, -0.15) is 0 Å². The molecule has 0 spiro atoms. The number of nitrogen functional groups attached to an aromatic ring is 1. The second-order valence-electron chi connectivity index (χ2n) is 3.11. The van der Waals surface area contributed by atoms with Crippen molar-refractivity contribution in [3.05, 3.63) is 48.2 Å². The number of hydrogen-bond acceptors (Lipinski definition) is 3. The van der Waals surface area contributed by atoms with Crippen molar-refractivity contribution >= 4 is 17.4 Å². The molecule has 0 bridgehead atoms. The van der Waals surface area contributed by atoms with Crippen LogP contribution in [0, 0.1) is 5.82 Å². The standard InChI is InChI=1S/C11H10FNOS/c12-10-5-9(13)1-2-11(10)15-7-8-3-4-14-6-8/h1-6H,7,13H2. The van der Waals surface area contributed by atoms with Gasteiger partial charge in [0, 0.05) is 21.9 Å². The van der Waals surface area contributed by atoms with Gasteiger partial charge in [0.25, 0.3) is 0 Å². The average Bonchev–Trinajstić information content (AvgIpc) is 2.69. The summed E-state index contributed by atoms with van der Waals surface area (Å²) < 4.78 is 18.3. The Morgan fingerprint density at radius 1 is 1.33 bits per heavy atom. The maximum Gasteiger partial charge on any atom is 0.138 e. The van der Waals surface area contributed by atoms with Crippen LogP contribution in [0.1, 0.15) is 5.56 Å². The summed E-state index contributed by atoms with van der Waals surface area (Å²) in [5.41, 5.74) is 6.94. The third-order valence-corrected chi connectivity index (χ3v) is 3.05. The smallest absolute Gasteiger partial charge is 0.138 e. The highest BCUT2D eigenvalue weighted by atomic mass is 32.2. The zero-order chi connectivity index (χ0) is 10.7. The van der Waals surface area contributed by atoms with Crippen molar-refractivity contribution in [1.29, 1.82) is 0 Å². The largest absolute Gasteiger partial charge is 0.472 e. The zero-order valence-corrected chi connectivity index (χ0v) is 8.76. The van der Waals surface area contributed by atoms with E-state index in [0.717, 1.165) is 5.56 Å². The summed E-state index contributed by atoms with van der Waals surface area (Å²) in [4.78, 5) is 0.602.